The highest BCUT2D eigenvalue weighted by Crippen LogP contribution is 2.23. The molecule has 1 heterocycles. The van der Waals surface area contributed by atoms with Gasteiger partial charge in [-0.05, 0) is 79.0 Å². The molecule has 0 aliphatic rings. The Morgan fingerprint density at radius 2 is 1.69 bits per heavy atom. The average Bonchev–Trinajstić information content (AvgIpc) is 2.83. The van der Waals surface area contributed by atoms with Crippen LogP contribution in [0.5, 0.6) is 0 Å². The quantitative estimate of drug-likeness (QED) is 0.149. The van der Waals surface area contributed by atoms with E-state index in [0.29, 0.717) is 27.0 Å². The minimum absolute atomic E-state index is 0.0445. The molecule has 4 rings (SSSR count). The van der Waals surface area contributed by atoms with Crippen LogP contribution < -0.4 is 16.2 Å². The minimum atomic E-state index is -0.479. The normalized spacial score (nSPS) is 10.5. The Morgan fingerprint density at radius 1 is 0.971 bits per heavy atom. The summed E-state index contributed by atoms with van der Waals surface area (Å²) in [4.78, 5) is 19.5. The second kappa shape index (κ2) is 10.7. The van der Waals surface area contributed by atoms with Crippen LogP contribution in [0.2, 0.25) is 10.0 Å². The van der Waals surface area contributed by atoms with Crippen molar-refractivity contribution in [2.45, 2.75) is 0 Å². The Morgan fingerprint density at radius 3 is 2.34 bits per heavy atom. The van der Waals surface area contributed by atoms with Gasteiger partial charge in [0, 0.05) is 33.4 Å². The molecule has 0 saturated carbocycles. The van der Waals surface area contributed by atoms with Crippen molar-refractivity contribution in [3.05, 3.63) is 97.7 Å². The summed E-state index contributed by atoms with van der Waals surface area (Å²) < 4.78 is 1.78. The zero-order valence-corrected chi connectivity index (χ0v) is 20.8. The molecule has 0 spiro atoms. The molecule has 0 saturated heterocycles. The van der Waals surface area contributed by atoms with Gasteiger partial charge in [0.25, 0.3) is 5.69 Å². The van der Waals surface area contributed by atoms with E-state index in [-0.39, 0.29) is 27.3 Å². The van der Waals surface area contributed by atoms with Crippen LogP contribution in [0.15, 0.2) is 72.8 Å². The van der Waals surface area contributed by atoms with Crippen molar-refractivity contribution in [3.63, 3.8) is 0 Å². The van der Waals surface area contributed by atoms with Crippen LogP contribution in [-0.2, 0) is 0 Å². The van der Waals surface area contributed by atoms with Gasteiger partial charge in [0.05, 0.1) is 10.6 Å². The molecule has 35 heavy (non-hydrogen) atoms. The summed E-state index contributed by atoms with van der Waals surface area (Å²) in [7, 11) is 0. The zero-order chi connectivity index (χ0) is 24.9. The van der Waals surface area contributed by atoms with Gasteiger partial charge < -0.3 is 5.32 Å². The van der Waals surface area contributed by atoms with E-state index in [4.69, 9.17) is 47.6 Å². The summed E-state index contributed by atoms with van der Waals surface area (Å²) in [5, 5.41) is 15.4. The number of halogens is 2. The van der Waals surface area contributed by atoms with Gasteiger partial charge in [0.15, 0.2) is 10.9 Å². The van der Waals surface area contributed by atoms with Crippen LogP contribution in [-0.4, -0.2) is 24.6 Å². The fraction of sp³-hybridized carbons (Fsp3) is 0. The second-order valence-electron chi connectivity index (χ2n) is 6.98. The highest BCUT2D eigenvalue weighted by Gasteiger charge is 2.14. The van der Waals surface area contributed by atoms with Crippen molar-refractivity contribution in [1.82, 2.24) is 20.0 Å². The van der Waals surface area contributed by atoms with Crippen LogP contribution in [0.4, 0.5) is 17.3 Å². The minimum Gasteiger partial charge on any atom is -0.331 e. The van der Waals surface area contributed by atoms with E-state index in [0.717, 1.165) is 0 Å². The lowest BCUT2D eigenvalue weighted by Gasteiger charge is -2.17. The maximum absolute atomic E-state index is 11.0. The number of hydrogen-bond acceptors (Lipinski definition) is 7. The SMILES string of the molecule is O=[N+]([O-])c1ccc(-c2nc(NNC(=S)Nc3cccc(Cl)c3)n(-c3ccc(Cl)cc3)c(=S)n2)cc1. The summed E-state index contributed by atoms with van der Waals surface area (Å²) in [6.45, 7) is 0. The van der Waals surface area contributed by atoms with E-state index in [1.54, 1.807) is 59.2 Å². The molecule has 0 bridgehead atoms. The van der Waals surface area contributed by atoms with E-state index < -0.39 is 4.92 Å². The van der Waals surface area contributed by atoms with Gasteiger partial charge in [-0.3, -0.25) is 25.5 Å². The molecule has 0 radical (unpaired) electrons. The second-order valence-corrected chi connectivity index (χ2v) is 8.63. The van der Waals surface area contributed by atoms with Gasteiger partial charge in [-0.1, -0.05) is 29.3 Å². The molecule has 3 aromatic carbocycles. The molecule has 9 nitrogen and oxygen atoms in total. The molecule has 0 aliphatic carbocycles. The van der Waals surface area contributed by atoms with Crippen molar-refractivity contribution in [1.29, 1.82) is 0 Å². The molecule has 0 unspecified atom stereocenters. The van der Waals surface area contributed by atoms with Gasteiger partial charge in [-0.15, -0.1) is 0 Å². The monoisotopic (exact) mass is 543 g/mol. The Kier molecular flexibility index (Phi) is 7.51. The number of nitrogens with one attached hydrogen (secondary N) is 3. The van der Waals surface area contributed by atoms with E-state index in [1.807, 2.05) is 6.07 Å². The lowest BCUT2D eigenvalue weighted by Crippen LogP contribution is -2.35. The number of nitrogens with zero attached hydrogens (tertiary/aromatic N) is 4. The number of rotatable bonds is 6. The molecule has 1 aromatic heterocycles. The van der Waals surface area contributed by atoms with Crippen molar-refractivity contribution in [3.8, 4) is 17.1 Å². The van der Waals surface area contributed by atoms with Gasteiger partial charge in [-0.25, -0.2) is 0 Å². The Hall–Kier alpha value is -3.64. The Bertz CT molecular complexity index is 1460. The number of aromatic nitrogens is 3. The summed E-state index contributed by atoms with van der Waals surface area (Å²) >= 11 is 23.0. The van der Waals surface area contributed by atoms with E-state index >= 15 is 0 Å². The number of nitro groups is 1. The van der Waals surface area contributed by atoms with Crippen molar-refractivity contribution in [2.24, 2.45) is 0 Å². The van der Waals surface area contributed by atoms with Crippen molar-refractivity contribution in [2.75, 3.05) is 10.7 Å². The summed E-state index contributed by atoms with van der Waals surface area (Å²) in [6, 6.07) is 19.9. The lowest BCUT2D eigenvalue weighted by atomic mass is 10.2. The highest BCUT2D eigenvalue weighted by molar-refractivity contribution is 7.80. The first kappa shape index (κ1) is 24.5. The van der Waals surface area contributed by atoms with E-state index in [9.17, 15) is 10.1 Å². The molecule has 0 fully saturated rings. The summed E-state index contributed by atoms with van der Waals surface area (Å²) in [6.07, 6.45) is 0. The number of hydrazine groups is 1. The lowest BCUT2D eigenvalue weighted by molar-refractivity contribution is -0.384. The zero-order valence-electron chi connectivity index (χ0n) is 17.6. The first-order valence-electron chi connectivity index (χ1n) is 9.90. The molecular weight excluding hydrogens is 529 g/mol. The molecule has 4 aromatic rings. The standard InChI is InChI=1S/C22H15Cl2N7O2S2/c23-14-6-10-17(11-7-14)30-20(28-29-21(34)25-16-3-1-2-15(24)12-16)26-19(27-22(30)35)13-4-8-18(9-5-13)31(32)33/h1-12H,(H2,25,29,34)(H,26,27,28,35). The van der Waals surface area contributed by atoms with Crippen LogP contribution >= 0.6 is 47.6 Å². The Balaban J connectivity index is 1.67. The van der Waals surface area contributed by atoms with Crippen molar-refractivity contribution >= 4 is 70.1 Å². The molecule has 176 valence electrons. The average molecular weight is 544 g/mol. The molecule has 0 amide bonds. The predicted octanol–water partition coefficient (Wildman–Crippen LogP) is 6.19. The van der Waals surface area contributed by atoms with Crippen LogP contribution in [0.25, 0.3) is 17.1 Å². The van der Waals surface area contributed by atoms with Gasteiger partial charge in [0.1, 0.15) is 0 Å². The number of anilines is 2. The van der Waals surface area contributed by atoms with Crippen LogP contribution in [0.3, 0.4) is 0 Å². The Labute approximate surface area is 219 Å². The van der Waals surface area contributed by atoms with Crippen LogP contribution in [0, 0.1) is 14.9 Å². The molecule has 3 N–H and O–H groups in total. The van der Waals surface area contributed by atoms with E-state index in [1.165, 1.54) is 12.1 Å². The first-order valence-corrected chi connectivity index (χ1v) is 11.5. The van der Waals surface area contributed by atoms with Gasteiger partial charge in [0.2, 0.25) is 10.7 Å². The maximum Gasteiger partial charge on any atom is 0.269 e. The van der Waals surface area contributed by atoms with Gasteiger partial charge in [-0.2, -0.15) is 9.97 Å². The fourth-order valence-corrected chi connectivity index (χ4v) is 3.78. The fourth-order valence-electron chi connectivity index (χ4n) is 3.02. The third-order valence-electron chi connectivity index (χ3n) is 4.61. The smallest absolute Gasteiger partial charge is 0.269 e. The van der Waals surface area contributed by atoms with Gasteiger partial charge >= 0.3 is 0 Å². The van der Waals surface area contributed by atoms with Crippen molar-refractivity contribution < 1.29 is 4.92 Å². The predicted molar refractivity (Wildman–Crippen MR) is 144 cm³/mol. The largest absolute Gasteiger partial charge is 0.331 e. The summed E-state index contributed by atoms with van der Waals surface area (Å²) in [5.74, 6) is 0.545. The molecule has 13 heteroatoms. The number of nitro benzene ring substituents is 1. The highest BCUT2D eigenvalue weighted by atomic mass is 35.5. The number of thiocarbonyl (C=S) groups is 1. The number of benzene rings is 3. The molecular formula is C22H15Cl2N7O2S2. The third kappa shape index (κ3) is 6.08. The molecule has 0 atom stereocenters. The summed E-state index contributed by atoms with van der Waals surface area (Å²) in [5.41, 5.74) is 7.69. The maximum atomic E-state index is 11.0. The molecule has 0 aliphatic heterocycles. The number of non-ortho nitro benzene ring substituents is 1. The van der Waals surface area contributed by atoms with Crippen LogP contribution in [0.1, 0.15) is 0 Å². The topological polar surface area (TPSA) is 110 Å². The van der Waals surface area contributed by atoms with E-state index in [2.05, 4.69) is 26.1 Å². The third-order valence-corrected chi connectivity index (χ3v) is 5.57. The first-order chi connectivity index (χ1) is 16.8. The number of hydrogen-bond donors (Lipinski definition) is 3.